The van der Waals surface area contributed by atoms with Gasteiger partial charge in [-0.1, -0.05) is 22.9 Å². The topological polar surface area (TPSA) is 91.0 Å². The van der Waals surface area contributed by atoms with Crippen molar-refractivity contribution in [3.63, 3.8) is 0 Å². The van der Waals surface area contributed by atoms with Crippen LogP contribution in [0.15, 0.2) is 65.7 Å². The van der Waals surface area contributed by atoms with E-state index in [1.807, 2.05) is 30.5 Å². The van der Waals surface area contributed by atoms with Gasteiger partial charge in [0.05, 0.1) is 26.8 Å². The van der Waals surface area contributed by atoms with Crippen LogP contribution in [0, 0.1) is 0 Å². The number of ether oxygens (including phenoxy) is 1. The van der Waals surface area contributed by atoms with Gasteiger partial charge in [0.2, 0.25) is 0 Å². The molecule has 1 aliphatic rings. The van der Waals surface area contributed by atoms with E-state index in [4.69, 9.17) is 16.3 Å². The number of benzene rings is 1. The van der Waals surface area contributed by atoms with Crippen molar-refractivity contribution in [2.75, 3.05) is 13.1 Å². The van der Waals surface area contributed by atoms with Gasteiger partial charge < -0.3 is 10.1 Å². The van der Waals surface area contributed by atoms with Gasteiger partial charge >= 0.3 is 0 Å². The summed E-state index contributed by atoms with van der Waals surface area (Å²) in [6.45, 7) is 1.80. The van der Waals surface area contributed by atoms with Gasteiger partial charge in [-0.3, -0.25) is 14.2 Å². The first-order valence-electron chi connectivity index (χ1n) is 11.5. The molecule has 3 aromatic heterocycles. The van der Waals surface area contributed by atoms with Crippen LogP contribution in [-0.4, -0.2) is 44.5 Å². The van der Waals surface area contributed by atoms with Crippen LogP contribution in [0.3, 0.4) is 0 Å². The zero-order valence-corrected chi connectivity index (χ0v) is 20.5. The number of ketones is 1. The van der Waals surface area contributed by atoms with Crippen LogP contribution in [0.4, 0.5) is 0 Å². The van der Waals surface area contributed by atoms with Gasteiger partial charge in [0.15, 0.2) is 5.78 Å². The molecule has 0 atom stereocenters. The minimum absolute atomic E-state index is 0.0315. The molecule has 0 bridgehead atoms. The molecule has 0 spiro atoms. The first kappa shape index (κ1) is 23.5. The van der Waals surface area contributed by atoms with Gasteiger partial charge in [0.1, 0.15) is 17.5 Å². The van der Waals surface area contributed by atoms with Crippen molar-refractivity contribution in [3.05, 3.63) is 86.2 Å². The Balaban J connectivity index is 1.40. The molecule has 0 radical (unpaired) electrons. The summed E-state index contributed by atoms with van der Waals surface area (Å²) >= 11 is 7.22. The second-order valence-corrected chi connectivity index (χ2v) is 10.0. The molecule has 0 saturated carbocycles. The zero-order chi connectivity index (χ0) is 24.2. The average molecular weight is 510 g/mol. The Hall–Kier alpha value is -3.27. The third kappa shape index (κ3) is 5.53. The first-order chi connectivity index (χ1) is 17.1. The highest BCUT2D eigenvalue weighted by atomic mass is 35.5. The second-order valence-electron chi connectivity index (χ2n) is 8.31. The SMILES string of the molecule is O=C(CCc1cn(-c2ccc(-n3ccccc3=O)cc2OC2CCNCC2)nn1)c1ccc(Cl)s1. The number of nitrogens with one attached hydrogen (secondary N) is 1. The lowest BCUT2D eigenvalue weighted by Gasteiger charge is -2.25. The van der Waals surface area contributed by atoms with Crippen LogP contribution in [0.1, 0.15) is 34.6 Å². The number of carbonyl (C=O) groups is 1. The van der Waals surface area contributed by atoms with Crippen LogP contribution in [-0.2, 0) is 6.42 Å². The Morgan fingerprint density at radius 2 is 2.03 bits per heavy atom. The summed E-state index contributed by atoms with van der Waals surface area (Å²) < 4.78 is 10.2. The summed E-state index contributed by atoms with van der Waals surface area (Å²) in [4.78, 5) is 25.4. The number of hydrogen-bond donors (Lipinski definition) is 1. The Labute approximate surface area is 211 Å². The predicted octanol–water partition coefficient (Wildman–Crippen LogP) is 4.08. The summed E-state index contributed by atoms with van der Waals surface area (Å²) in [6.07, 6.45) is 6.19. The average Bonchev–Trinajstić information content (AvgIpc) is 3.53. The Morgan fingerprint density at radius 3 is 2.80 bits per heavy atom. The maximum Gasteiger partial charge on any atom is 0.255 e. The van der Waals surface area contributed by atoms with Crippen LogP contribution >= 0.6 is 22.9 Å². The molecule has 10 heteroatoms. The Bertz CT molecular complexity index is 1390. The molecule has 1 N–H and O–H groups in total. The summed E-state index contributed by atoms with van der Waals surface area (Å²) in [7, 11) is 0. The summed E-state index contributed by atoms with van der Waals surface area (Å²) in [5, 5.41) is 11.9. The van der Waals surface area contributed by atoms with Crippen molar-refractivity contribution in [3.8, 4) is 17.1 Å². The van der Waals surface area contributed by atoms with Crippen molar-refractivity contribution < 1.29 is 9.53 Å². The lowest BCUT2D eigenvalue weighted by atomic mass is 10.1. The smallest absolute Gasteiger partial charge is 0.255 e. The zero-order valence-electron chi connectivity index (χ0n) is 18.9. The number of thiophene rings is 1. The number of rotatable bonds is 8. The van der Waals surface area contributed by atoms with Crippen LogP contribution < -0.4 is 15.6 Å². The van der Waals surface area contributed by atoms with E-state index >= 15 is 0 Å². The molecular weight excluding hydrogens is 486 g/mol. The molecule has 0 amide bonds. The molecule has 35 heavy (non-hydrogen) atoms. The number of halogens is 1. The van der Waals surface area contributed by atoms with E-state index in [-0.39, 0.29) is 17.4 Å². The Morgan fingerprint density at radius 1 is 1.17 bits per heavy atom. The van der Waals surface area contributed by atoms with E-state index in [1.165, 1.54) is 17.4 Å². The van der Waals surface area contributed by atoms with E-state index < -0.39 is 0 Å². The van der Waals surface area contributed by atoms with E-state index in [2.05, 4.69) is 15.6 Å². The molecule has 8 nitrogen and oxygen atoms in total. The van der Waals surface area contributed by atoms with Gasteiger partial charge in [-0.25, -0.2) is 4.68 Å². The Kier molecular flexibility index (Phi) is 7.08. The molecule has 1 saturated heterocycles. The van der Waals surface area contributed by atoms with Crippen molar-refractivity contribution >= 4 is 28.7 Å². The van der Waals surface area contributed by atoms with Crippen molar-refractivity contribution in [2.24, 2.45) is 0 Å². The highest BCUT2D eigenvalue weighted by molar-refractivity contribution is 7.18. The minimum Gasteiger partial charge on any atom is -0.488 e. The fourth-order valence-electron chi connectivity index (χ4n) is 4.03. The third-order valence-electron chi connectivity index (χ3n) is 5.87. The first-order valence-corrected chi connectivity index (χ1v) is 12.7. The maximum atomic E-state index is 12.4. The van der Waals surface area contributed by atoms with Crippen LogP contribution in [0.2, 0.25) is 4.34 Å². The normalized spacial score (nSPS) is 14.2. The fraction of sp³-hybridized carbons (Fsp3) is 0.280. The number of nitrogens with zero attached hydrogens (tertiary/aromatic N) is 4. The lowest BCUT2D eigenvalue weighted by Crippen LogP contribution is -2.34. The van der Waals surface area contributed by atoms with E-state index in [9.17, 15) is 9.59 Å². The van der Waals surface area contributed by atoms with Crippen molar-refractivity contribution in [2.45, 2.75) is 31.8 Å². The number of piperidine rings is 1. The number of Topliss-reactive ketones (excluding diaryl/α,β-unsaturated/α-hetero) is 1. The van der Waals surface area contributed by atoms with E-state index in [0.717, 1.165) is 31.6 Å². The molecule has 4 heterocycles. The van der Waals surface area contributed by atoms with Gasteiger partial charge in [-0.15, -0.1) is 16.4 Å². The number of hydrogen-bond acceptors (Lipinski definition) is 7. The maximum absolute atomic E-state index is 12.4. The predicted molar refractivity (Wildman–Crippen MR) is 135 cm³/mol. The molecule has 1 fully saturated rings. The largest absolute Gasteiger partial charge is 0.488 e. The van der Waals surface area contributed by atoms with Gasteiger partial charge in [0, 0.05) is 31.2 Å². The highest BCUT2D eigenvalue weighted by Gasteiger charge is 2.19. The van der Waals surface area contributed by atoms with Gasteiger partial charge in [-0.05, 0) is 56.3 Å². The molecule has 4 aromatic rings. The van der Waals surface area contributed by atoms with Gasteiger partial charge in [-0.2, -0.15) is 0 Å². The monoisotopic (exact) mass is 509 g/mol. The van der Waals surface area contributed by atoms with Crippen molar-refractivity contribution in [1.29, 1.82) is 0 Å². The molecule has 1 aliphatic heterocycles. The number of aromatic nitrogens is 4. The van der Waals surface area contributed by atoms with Crippen LogP contribution in [0.5, 0.6) is 5.75 Å². The minimum atomic E-state index is -0.118. The standard InChI is InChI=1S/C25H24ClN5O3S/c26-24-9-8-23(35-24)21(32)7-4-17-16-31(29-28-17)20-6-5-18(30-14-2-1-3-25(30)33)15-22(20)34-19-10-12-27-13-11-19/h1-3,5-6,8-9,14-16,19,27H,4,7,10-13H2. The summed E-state index contributed by atoms with van der Waals surface area (Å²) in [5.41, 5.74) is 2.03. The molecule has 1 aromatic carbocycles. The highest BCUT2D eigenvalue weighted by Crippen LogP contribution is 2.28. The lowest BCUT2D eigenvalue weighted by molar-refractivity contribution is 0.0986. The quantitative estimate of drug-likeness (QED) is 0.360. The molecule has 180 valence electrons. The van der Waals surface area contributed by atoms with E-state index in [0.29, 0.717) is 39.2 Å². The summed E-state index contributed by atoms with van der Waals surface area (Å²) in [5.74, 6) is 0.662. The molecule has 5 rings (SSSR count). The fourth-order valence-corrected chi connectivity index (χ4v) is 5.04. The van der Waals surface area contributed by atoms with Gasteiger partial charge in [0.25, 0.3) is 5.56 Å². The van der Waals surface area contributed by atoms with Crippen molar-refractivity contribution in [1.82, 2.24) is 24.9 Å². The number of pyridine rings is 1. The molecule has 0 unspecified atom stereocenters. The third-order valence-corrected chi connectivity index (χ3v) is 7.14. The van der Waals surface area contributed by atoms with E-state index in [1.54, 1.807) is 33.6 Å². The molecule has 0 aliphatic carbocycles. The number of aryl methyl sites for hydroxylation is 1. The molecular formula is C25H24ClN5O3S. The second kappa shape index (κ2) is 10.6. The number of carbonyl (C=O) groups excluding carboxylic acids is 1. The summed E-state index contributed by atoms with van der Waals surface area (Å²) in [6, 6.07) is 14.1. The van der Waals surface area contributed by atoms with Crippen LogP contribution in [0.25, 0.3) is 11.4 Å².